The topological polar surface area (TPSA) is 94.8 Å². The number of hydrogen-bond acceptors (Lipinski definition) is 2. The van der Waals surface area contributed by atoms with Crippen LogP contribution in [0.2, 0.25) is 0 Å². The van der Waals surface area contributed by atoms with E-state index in [0.29, 0.717) is 0 Å². The number of carbonyl (C=O) groups is 2. The molecule has 0 aliphatic rings. The average Bonchev–Trinajstić information content (AvgIpc) is 1.33. The molecule has 0 heterocycles. The van der Waals surface area contributed by atoms with Crippen molar-refractivity contribution in [3.05, 3.63) is 0 Å². The number of hydrogen-bond donors (Lipinski definition) is 3. The van der Waals surface area contributed by atoms with Gasteiger partial charge in [-0.3, -0.25) is 4.79 Å². The second-order valence-corrected chi connectivity index (χ2v) is 0.388. The molecule has 5 nitrogen and oxygen atoms in total. The molecule has 0 rings (SSSR count). The molecule has 0 atom stereocenters. The molecule has 0 aliphatic carbocycles. The van der Waals surface area contributed by atoms with Crippen molar-refractivity contribution in [1.82, 2.24) is 0 Å². The van der Waals surface area contributed by atoms with Gasteiger partial charge >= 0.3 is 25.0 Å². The molecular weight excluding hydrogens is 111 g/mol. The van der Waals surface area contributed by atoms with Crippen molar-refractivity contribution in [3.8, 4) is 0 Å². The Morgan fingerprint density at radius 1 is 1.38 bits per heavy atom. The summed E-state index contributed by atoms with van der Waals surface area (Å²) in [6, 6.07) is 0. The standard InChI is InChI=1S/CH2O3.CH2O2.Li.H/c2-1(3)4;2-1-3;;/h(H2,2,3,4);1H,(H,2,3);;. The number of carboxylic acid groups (broad SMARTS) is 3. The van der Waals surface area contributed by atoms with E-state index in [2.05, 4.69) is 0 Å². The van der Waals surface area contributed by atoms with Crippen molar-refractivity contribution in [1.29, 1.82) is 0 Å². The molecule has 0 radical (unpaired) electrons. The zero-order valence-corrected chi connectivity index (χ0v) is 3.24. The SMILES string of the molecule is O=C(O)O.O=CO.[LiH]. The third-order valence-corrected chi connectivity index (χ3v) is 0. The monoisotopic (exact) mass is 116 g/mol. The maximum absolute atomic E-state index is 8.56. The fourth-order valence-corrected chi connectivity index (χ4v) is 0. The molecule has 0 amide bonds. The first kappa shape index (κ1) is 15.7. The van der Waals surface area contributed by atoms with Crippen LogP contribution in [0.4, 0.5) is 4.79 Å². The maximum atomic E-state index is 8.56. The van der Waals surface area contributed by atoms with Gasteiger partial charge in [-0.2, -0.15) is 0 Å². The van der Waals surface area contributed by atoms with Gasteiger partial charge in [0.15, 0.2) is 0 Å². The molecule has 0 spiro atoms. The minimum atomic E-state index is -1.83. The fourth-order valence-electron chi connectivity index (χ4n) is 0. The van der Waals surface area contributed by atoms with Crippen LogP contribution in [0, 0.1) is 0 Å². The molecule has 0 unspecified atom stereocenters. The predicted octanol–water partition coefficient (Wildman–Crippen LogP) is -0.725. The first-order valence-electron chi connectivity index (χ1n) is 1.15. The molecule has 8 heavy (non-hydrogen) atoms. The second kappa shape index (κ2) is 16.2. The second-order valence-electron chi connectivity index (χ2n) is 0.388. The van der Waals surface area contributed by atoms with E-state index in [1.165, 1.54) is 0 Å². The van der Waals surface area contributed by atoms with Gasteiger partial charge in [-0.15, -0.1) is 0 Å². The van der Waals surface area contributed by atoms with Crippen molar-refractivity contribution in [2.24, 2.45) is 0 Å². The summed E-state index contributed by atoms with van der Waals surface area (Å²) in [6.07, 6.45) is -1.83. The van der Waals surface area contributed by atoms with Gasteiger partial charge in [-0.1, -0.05) is 0 Å². The van der Waals surface area contributed by atoms with Crippen LogP contribution in [0.25, 0.3) is 0 Å². The van der Waals surface area contributed by atoms with E-state index in [0.717, 1.165) is 0 Å². The zero-order valence-electron chi connectivity index (χ0n) is 3.24. The van der Waals surface area contributed by atoms with Crippen molar-refractivity contribution in [2.75, 3.05) is 0 Å². The molecule has 0 saturated carbocycles. The van der Waals surface area contributed by atoms with E-state index in [1.54, 1.807) is 0 Å². The Hall–Kier alpha value is -0.663. The van der Waals surface area contributed by atoms with E-state index in [1.807, 2.05) is 0 Å². The molecule has 0 aromatic heterocycles. The van der Waals surface area contributed by atoms with Gasteiger partial charge in [-0.05, 0) is 0 Å². The third-order valence-electron chi connectivity index (χ3n) is 0. The molecular formula is C2H5LiO5. The molecule has 0 fully saturated rings. The van der Waals surface area contributed by atoms with Crippen LogP contribution in [0.3, 0.4) is 0 Å². The molecule has 0 aliphatic heterocycles. The van der Waals surface area contributed by atoms with Gasteiger partial charge < -0.3 is 15.3 Å². The molecule has 0 saturated heterocycles. The van der Waals surface area contributed by atoms with Crippen LogP contribution in [-0.4, -0.2) is 46.8 Å². The molecule has 6 heteroatoms. The first-order valence-corrected chi connectivity index (χ1v) is 1.15. The Bertz CT molecular complexity index is 57.4. The fraction of sp³-hybridized carbons (Fsp3) is 0. The van der Waals surface area contributed by atoms with Gasteiger partial charge in [0.25, 0.3) is 6.47 Å². The van der Waals surface area contributed by atoms with Crippen LogP contribution >= 0.6 is 0 Å². The number of rotatable bonds is 0. The van der Waals surface area contributed by atoms with Gasteiger partial charge in [0.05, 0.1) is 0 Å². The van der Waals surface area contributed by atoms with E-state index >= 15 is 0 Å². The molecule has 0 bridgehead atoms. The molecule has 0 aromatic rings. The Kier molecular flexibility index (Phi) is 31.7. The zero-order chi connectivity index (χ0) is 6.28. The normalized spacial score (nSPS) is 4.50. The summed E-state index contributed by atoms with van der Waals surface area (Å²) in [5, 5.41) is 20.8. The summed E-state index contributed by atoms with van der Waals surface area (Å²) >= 11 is 0. The predicted molar refractivity (Wildman–Crippen MR) is 26.5 cm³/mol. The first-order chi connectivity index (χ1) is 3.15. The van der Waals surface area contributed by atoms with E-state index < -0.39 is 6.16 Å². The summed E-state index contributed by atoms with van der Waals surface area (Å²) in [5.41, 5.74) is 0. The van der Waals surface area contributed by atoms with Crippen LogP contribution in [0.1, 0.15) is 0 Å². The summed E-state index contributed by atoms with van der Waals surface area (Å²) in [4.78, 5) is 16.9. The van der Waals surface area contributed by atoms with Crippen molar-refractivity contribution in [2.45, 2.75) is 0 Å². The Balaban J connectivity index is -0.0000000575. The van der Waals surface area contributed by atoms with Crippen LogP contribution < -0.4 is 0 Å². The van der Waals surface area contributed by atoms with Gasteiger partial charge in [-0.25, -0.2) is 4.79 Å². The molecule has 0 aromatic carbocycles. The quantitative estimate of drug-likeness (QED) is 0.286. The van der Waals surface area contributed by atoms with E-state index in [-0.39, 0.29) is 25.3 Å². The third kappa shape index (κ3) is 229. The van der Waals surface area contributed by atoms with E-state index in [9.17, 15) is 0 Å². The molecule has 44 valence electrons. The Labute approximate surface area is 57.1 Å². The summed E-state index contributed by atoms with van der Waals surface area (Å²) < 4.78 is 0. The average molecular weight is 116 g/mol. The Morgan fingerprint density at radius 2 is 1.38 bits per heavy atom. The van der Waals surface area contributed by atoms with Crippen LogP contribution in [0.5, 0.6) is 0 Å². The van der Waals surface area contributed by atoms with Gasteiger partial charge in [0.2, 0.25) is 0 Å². The Morgan fingerprint density at radius 3 is 1.38 bits per heavy atom. The summed E-state index contributed by atoms with van der Waals surface area (Å²) in [6.45, 7) is -0.250. The van der Waals surface area contributed by atoms with Gasteiger partial charge in [0, 0.05) is 0 Å². The summed E-state index contributed by atoms with van der Waals surface area (Å²) in [5.74, 6) is 0. The minimum absolute atomic E-state index is 0. The van der Waals surface area contributed by atoms with Gasteiger partial charge in [0.1, 0.15) is 0 Å². The summed E-state index contributed by atoms with van der Waals surface area (Å²) in [7, 11) is 0. The van der Waals surface area contributed by atoms with Crippen LogP contribution in [-0.2, 0) is 4.79 Å². The van der Waals surface area contributed by atoms with Crippen molar-refractivity contribution < 1.29 is 24.9 Å². The van der Waals surface area contributed by atoms with Crippen LogP contribution in [0.15, 0.2) is 0 Å². The van der Waals surface area contributed by atoms with Crippen molar-refractivity contribution in [3.63, 3.8) is 0 Å². The van der Waals surface area contributed by atoms with Crippen molar-refractivity contribution >= 4 is 31.5 Å². The van der Waals surface area contributed by atoms with E-state index in [4.69, 9.17) is 24.9 Å². The molecule has 3 N–H and O–H groups in total.